The van der Waals surface area contributed by atoms with Crippen molar-refractivity contribution in [1.29, 1.82) is 0 Å². The Kier molecular flexibility index (Phi) is 3.64. The lowest BCUT2D eigenvalue weighted by atomic mass is 9.93. The summed E-state index contributed by atoms with van der Waals surface area (Å²) in [4.78, 5) is 5.38. The normalized spacial score (nSPS) is 33.3. The second-order valence-electron chi connectivity index (χ2n) is 7.21. The Labute approximate surface area is 128 Å². The molecule has 3 heteroatoms. The Hall–Kier alpha value is -1.06. The molecule has 2 bridgehead atoms. The van der Waals surface area contributed by atoms with Crippen molar-refractivity contribution in [1.82, 2.24) is 9.80 Å². The minimum absolute atomic E-state index is 0.766. The van der Waals surface area contributed by atoms with Crippen LogP contribution in [0.2, 0.25) is 0 Å². The summed E-state index contributed by atoms with van der Waals surface area (Å²) in [7, 11) is 2.34. The maximum Gasteiger partial charge on any atom is 0.0372 e. The van der Waals surface area contributed by atoms with Crippen molar-refractivity contribution < 1.29 is 0 Å². The van der Waals surface area contributed by atoms with Crippen molar-refractivity contribution in [3.63, 3.8) is 0 Å². The monoisotopic (exact) mass is 285 g/mol. The summed E-state index contributed by atoms with van der Waals surface area (Å²) in [6, 6.07) is 10.5. The molecule has 2 saturated heterocycles. The fourth-order valence-electron chi connectivity index (χ4n) is 4.55. The second kappa shape index (κ2) is 5.62. The van der Waals surface area contributed by atoms with Crippen LogP contribution in [0.5, 0.6) is 0 Å². The zero-order valence-electron chi connectivity index (χ0n) is 13.1. The van der Waals surface area contributed by atoms with E-state index in [4.69, 9.17) is 0 Å². The van der Waals surface area contributed by atoms with Crippen molar-refractivity contribution in [2.45, 2.75) is 37.8 Å². The fourth-order valence-corrected chi connectivity index (χ4v) is 4.55. The average Bonchev–Trinajstić information content (AvgIpc) is 2.75. The van der Waals surface area contributed by atoms with Gasteiger partial charge in [-0.25, -0.2) is 0 Å². The molecular weight excluding hydrogens is 258 g/mol. The first-order valence-corrected chi connectivity index (χ1v) is 8.55. The number of likely N-dealkylation sites (tertiary alicyclic amines) is 1. The molecule has 3 nitrogen and oxygen atoms in total. The molecular formula is C18H27N3. The maximum absolute atomic E-state index is 3.62. The number of anilines is 1. The van der Waals surface area contributed by atoms with Gasteiger partial charge in [0.2, 0.25) is 0 Å². The Morgan fingerprint density at radius 1 is 1.14 bits per heavy atom. The number of nitrogens with zero attached hydrogens (tertiary/aromatic N) is 2. The lowest BCUT2D eigenvalue weighted by molar-refractivity contribution is 0.199. The van der Waals surface area contributed by atoms with E-state index >= 15 is 0 Å². The molecule has 1 aromatic rings. The molecule has 1 N–H and O–H groups in total. The lowest BCUT2D eigenvalue weighted by Crippen LogP contribution is -2.41. The fraction of sp³-hybridized carbons (Fsp3) is 0.667. The molecule has 0 saturated carbocycles. The standard InChI is InChI=1S/C18H27N3/c1-20-16-6-7-17(20)13-21(9-8-16)12-14-10-15-4-2-3-5-18(15)19-11-14/h2-5,14,16-17,19H,6-13H2,1H3. The largest absolute Gasteiger partial charge is 0.384 e. The highest BCUT2D eigenvalue weighted by Gasteiger charge is 2.35. The summed E-state index contributed by atoms with van der Waals surface area (Å²) in [6.07, 6.45) is 5.43. The summed E-state index contributed by atoms with van der Waals surface area (Å²) in [5.41, 5.74) is 2.85. The lowest BCUT2D eigenvalue weighted by Gasteiger charge is -2.32. The molecule has 3 aliphatic heterocycles. The summed E-state index contributed by atoms with van der Waals surface area (Å²) < 4.78 is 0. The minimum Gasteiger partial charge on any atom is -0.384 e. The SMILES string of the molecule is CN1C2CCC1CN(CC1CNc3ccccc3C1)CC2. The summed E-state index contributed by atoms with van der Waals surface area (Å²) in [5, 5.41) is 3.62. The Bertz CT molecular complexity index is 501. The van der Waals surface area contributed by atoms with E-state index in [1.54, 1.807) is 0 Å². The highest BCUT2D eigenvalue weighted by molar-refractivity contribution is 5.53. The van der Waals surface area contributed by atoms with E-state index in [0.29, 0.717) is 0 Å². The molecule has 1 aromatic carbocycles. The van der Waals surface area contributed by atoms with Gasteiger partial charge in [0.1, 0.15) is 0 Å². The van der Waals surface area contributed by atoms with Gasteiger partial charge < -0.3 is 10.2 Å². The zero-order valence-corrected chi connectivity index (χ0v) is 13.1. The van der Waals surface area contributed by atoms with Crippen LogP contribution in [0, 0.1) is 5.92 Å². The summed E-state index contributed by atoms with van der Waals surface area (Å²) in [5.74, 6) is 0.766. The first kappa shape index (κ1) is 13.6. The number of likely N-dealkylation sites (N-methyl/N-ethyl adjacent to an activating group) is 1. The van der Waals surface area contributed by atoms with Crippen LogP contribution in [-0.4, -0.2) is 55.1 Å². The van der Waals surface area contributed by atoms with Crippen LogP contribution in [0.15, 0.2) is 24.3 Å². The number of para-hydroxylation sites is 1. The molecule has 2 fully saturated rings. The predicted octanol–water partition coefficient (Wildman–Crippen LogP) is 2.44. The highest BCUT2D eigenvalue weighted by atomic mass is 15.3. The van der Waals surface area contributed by atoms with Crippen LogP contribution >= 0.6 is 0 Å². The van der Waals surface area contributed by atoms with E-state index in [1.807, 2.05) is 0 Å². The molecule has 0 spiro atoms. The number of benzene rings is 1. The first-order valence-electron chi connectivity index (χ1n) is 8.55. The minimum atomic E-state index is 0.766. The number of fused-ring (bicyclic) bond motifs is 3. The predicted molar refractivity (Wildman–Crippen MR) is 87.8 cm³/mol. The number of rotatable bonds is 2. The molecule has 3 aliphatic rings. The molecule has 0 aliphatic carbocycles. The summed E-state index contributed by atoms with van der Waals surface area (Å²) >= 11 is 0. The third-order valence-electron chi connectivity index (χ3n) is 5.86. The van der Waals surface area contributed by atoms with Gasteiger partial charge in [-0.2, -0.15) is 0 Å². The third kappa shape index (κ3) is 2.69. The number of hydrogen-bond acceptors (Lipinski definition) is 3. The van der Waals surface area contributed by atoms with E-state index < -0.39 is 0 Å². The van der Waals surface area contributed by atoms with Gasteiger partial charge >= 0.3 is 0 Å². The van der Waals surface area contributed by atoms with Crippen LogP contribution in [0.25, 0.3) is 0 Å². The molecule has 0 radical (unpaired) electrons. The van der Waals surface area contributed by atoms with Crippen molar-refractivity contribution in [2.75, 3.05) is 38.5 Å². The van der Waals surface area contributed by atoms with Crippen LogP contribution in [0.3, 0.4) is 0 Å². The van der Waals surface area contributed by atoms with Gasteiger partial charge in [0.05, 0.1) is 0 Å². The van der Waals surface area contributed by atoms with E-state index in [2.05, 4.69) is 46.4 Å². The van der Waals surface area contributed by atoms with Crippen LogP contribution in [0.1, 0.15) is 24.8 Å². The molecule has 3 unspecified atom stereocenters. The number of hydrogen-bond donors (Lipinski definition) is 1. The van der Waals surface area contributed by atoms with E-state index in [9.17, 15) is 0 Å². The Balaban J connectivity index is 1.39. The molecule has 0 amide bonds. The van der Waals surface area contributed by atoms with Gasteiger partial charge in [-0.1, -0.05) is 18.2 Å². The summed E-state index contributed by atoms with van der Waals surface area (Å²) in [6.45, 7) is 4.98. The van der Waals surface area contributed by atoms with Gasteiger partial charge in [0.15, 0.2) is 0 Å². The van der Waals surface area contributed by atoms with Crippen molar-refractivity contribution in [3.05, 3.63) is 29.8 Å². The Morgan fingerprint density at radius 3 is 2.95 bits per heavy atom. The van der Waals surface area contributed by atoms with E-state index in [-0.39, 0.29) is 0 Å². The van der Waals surface area contributed by atoms with E-state index in [1.165, 1.54) is 56.6 Å². The van der Waals surface area contributed by atoms with Gasteiger partial charge in [-0.15, -0.1) is 0 Å². The smallest absolute Gasteiger partial charge is 0.0372 e. The van der Waals surface area contributed by atoms with Crippen LogP contribution in [-0.2, 0) is 6.42 Å². The molecule has 114 valence electrons. The van der Waals surface area contributed by atoms with Gasteiger partial charge in [-0.3, -0.25) is 4.90 Å². The van der Waals surface area contributed by atoms with Crippen LogP contribution < -0.4 is 5.32 Å². The third-order valence-corrected chi connectivity index (χ3v) is 5.86. The molecule has 0 aromatic heterocycles. The Morgan fingerprint density at radius 2 is 2.00 bits per heavy atom. The average molecular weight is 285 g/mol. The van der Waals surface area contributed by atoms with Crippen LogP contribution in [0.4, 0.5) is 5.69 Å². The molecule has 21 heavy (non-hydrogen) atoms. The zero-order chi connectivity index (χ0) is 14.2. The topological polar surface area (TPSA) is 18.5 Å². The van der Waals surface area contributed by atoms with Crippen molar-refractivity contribution in [3.8, 4) is 0 Å². The molecule has 3 atom stereocenters. The quantitative estimate of drug-likeness (QED) is 0.900. The molecule has 3 heterocycles. The van der Waals surface area contributed by atoms with E-state index in [0.717, 1.165) is 24.5 Å². The van der Waals surface area contributed by atoms with Crippen molar-refractivity contribution >= 4 is 5.69 Å². The first-order chi connectivity index (χ1) is 10.3. The van der Waals surface area contributed by atoms with Gasteiger partial charge in [0, 0.05) is 37.4 Å². The van der Waals surface area contributed by atoms with Gasteiger partial charge in [-0.05, 0) is 56.8 Å². The molecule has 4 rings (SSSR count). The van der Waals surface area contributed by atoms with Crippen molar-refractivity contribution in [2.24, 2.45) is 5.92 Å². The van der Waals surface area contributed by atoms with Gasteiger partial charge in [0.25, 0.3) is 0 Å². The maximum atomic E-state index is 3.62. The second-order valence-corrected chi connectivity index (χ2v) is 7.21. The highest BCUT2D eigenvalue weighted by Crippen LogP contribution is 2.30. The number of nitrogens with one attached hydrogen (secondary N) is 1.